The second-order valence-corrected chi connectivity index (χ2v) is 4.02. The molecule has 86 valence electrons. The van der Waals surface area contributed by atoms with E-state index >= 15 is 0 Å². The van der Waals surface area contributed by atoms with E-state index in [0.29, 0.717) is 0 Å². The number of benzene rings is 1. The van der Waals surface area contributed by atoms with E-state index in [4.69, 9.17) is 19.8 Å². The quantitative estimate of drug-likeness (QED) is 0.594. The third-order valence-electron chi connectivity index (χ3n) is 1.75. The fraction of sp³-hybridized carbons (Fsp3) is 0.200. The second kappa shape index (κ2) is 6.02. The second-order valence-electron chi connectivity index (χ2n) is 2.88. The largest absolute Gasteiger partial charge is 0.473 e. The van der Waals surface area contributed by atoms with Crippen LogP contribution in [-0.4, -0.2) is 34.4 Å². The Balaban J connectivity index is 0.000000187. The molecule has 0 unspecified atom stereocenters. The molecule has 0 fully saturated rings. The lowest BCUT2D eigenvalue weighted by molar-refractivity contribution is -0.159. The maximum absolute atomic E-state index is 9.10. The molecule has 0 radical (unpaired) electrons. The molecule has 0 aliphatic carbocycles. The zero-order valence-electron chi connectivity index (χ0n) is 8.34. The average Bonchev–Trinajstić information content (AvgIpc) is 2.30. The zero-order chi connectivity index (χ0) is 12.0. The van der Waals surface area contributed by atoms with Crippen LogP contribution in [-0.2, 0) is 9.59 Å². The molecule has 0 bridgehead atoms. The SMILES string of the molecule is O=C(O)C(=O)O.c1ccc2c(c1)NCCS2. The number of carboxylic acids is 2. The molecule has 0 aromatic heterocycles. The van der Waals surface area contributed by atoms with Crippen LogP contribution in [0.3, 0.4) is 0 Å². The van der Waals surface area contributed by atoms with Crippen molar-refractivity contribution < 1.29 is 19.8 Å². The van der Waals surface area contributed by atoms with Gasteiger partial charge in [0.15, 0.2) is 0 Å². The van der Waals surface area contributed by atoms with Crippen molar-refractivity contribution in [3.8, 4) is 0 Å². The molecule has 2 rings (SSSR count). The van der Waals surface area contributed by atoms with Crippen molar-refractivity contribution in [3.05, 3.63) is 24.3 Å². The van der Waals surface area contributed by atoms with Gasteiger partial charge < -0.3 is 15.5 Å². The Morgan fingerprint density at radius 1 is 1.19 bits per heavy atom. The number of thioether (sulfide) groups is 1. The molecular formula is C10H11NO4S. The maximum atomic E-state index is 9.10. The first-order valence-corrected chi connectivity index (χ1v) is 5.51. The van der Waals surface area contributed by atoms with Gasteiger partial charge in [-0.3, -0.25) is 0 Å². The number of aliphatic carboxylic acids is 2. The fourth-order valence-electron chi connectivity index (χ4n) is 1.09. The lowest BCUT2D eigenvalue weighted by Crippen LogP contribution is -2.09. The van der Waals surface area contributed by atoms with Crippen LogP contribution in [0.2, 0.25) is 0 Å². The molecule has 0 spiro atoms. The average molecular weight is 241 g/mol. The van der Waals surface area contributed by atoms with Gasteiger partial charge in [0.1, 0.15) is 0 Å². The molecule has 5 nitrogen and oxygen atoms in total. The van der Waals surface area contributed by atoms with Gasteiger partial charge in [-0.2, -0.15) is 0 Å². The van der Waals surface area contributed by atoms with E-state index in [9.17, 15) is 0 Å². The maximum Gasteiger partial charge on any atom is 0.414 e. The number of carbonyl (C=O) groups is 2. The molecule has 0 saturated carbocycles. The van der Waals surface area contributed by atoms with Gasteiger partial charge in [-0.05, 0) is 12.1 Å². The van der Waals surface area contributed by atoms with Crippen LogP contribution in [0.4, 0.5) is 5.69 Å². The first kappa shape index (κ1) is 12.4. The Labute approximate surface area is 96.5 Å². The van der Waals surface area contributed by atoms with Gasteiger partial charge in [-0.1, -0.05) is 12.1 Å². The van der Waals surface area contributed by atoms with E-state index in [1.807, 2.05) is 11.8 Å². The van der Waals surface area contributed by atoms with Crippen LogP contribution >= 0.6 is 11.8 Å². The molecule has 16 heavy (non-hydrogen) atoms. The Kier molecular flexibility index (Phi) is 4.65. The standard InChI is InChI=1S/C8H9NS.C2H2O4/c1-2-4-8-7(3-1)9-5-6-10-8;3-1(4)2(5)6/h1-4,9H,5-6H2;(H,3,4)(H,5,6). The number of nitrogens with one attached hydrogen (secondary N) is 1. The molecular weight excluding hydrogens is 230 g/mol. The molecule has 1 aliphatic rings. The molecule has 0 saturated heterocycles. The minimum absolute atomic E-state index is 1.10. The van der Waals surface area contributed by atoms with E-state index in [-0.39, 0.29) is 0 Å². The smallest absolute Gasteiger partial charge is 0.414 e. The Morgan fingerprint density at radius 2 is 1.81 bits per heavy atom. The minimum Gasteiger partial charge on any atom is -0.473 e. The summed E-state index contributed by atoms with van der Waals surface area (Å²) in [6, 6.07) is 8.43. The summed E-state index contributed by atoms with van der Waals surface area (Å²) in [6.07, 6.45) is 0. The van der Waals surface area contributed by atoms with Gasteiger partial charge in [0.25, 0.3) is 0 Å². The van der Waals surface area contributed by atoms with Crippen molar-refractivity contribution in [2.75, 3.05) is 17.6 Å². The topological polar surface area (TPSA) is 86.6 Å². The van der Waals surface area contributed by atoms with E-state index in [1.165, 1.54) is 16.3 Å². The molecule has 1 aromatic rings. The molecule has 1 heterocycles. The van der Waals surface area contributed by atoms with E-state index in [0.717, 1.165) is 6.54 Å². The van der Waals surface area contributed by atoms with Crippen LogP contribution in [0.1, 0.15) is 0 Å². The van der Waals surface area contributed by atoms with Crippen molar-refractivity contribution in [2.24, 2.45) is 0 Å². The van der Waals surface area contributed by atoms with Crippen molar-refractivity contribution in [1.29, 1.82) is 0 Å². The van der Waals surface area contributed by atoms with Crippen LogP contribution in [0.5, 0.6) is 0 Å². The van der Waals surface area contributed by atoms with E-state index < -0.39 is 11.9 Å². The van der Waals surface area contributed by atoms with Crippen LogP contribution in [0.15, 0.2) is 29.2 Å². The zero-order valence-corrected chi connectivity index (χ0v) is 9.16. The van der Waals surface area contributed by atoms with Gasteiger partial charge >= 0.3 is 11.9 Å². The van der Waals surface area contributed by atoms with E-state index in [1.54, 1.807) is 0 Å². The monoisotopic (exact) mass is 241 g/mol. The normalized spacial score (nSPS) is 12.5. The highest BCUT2D eigenvalue weighted by molar-refractivity contribution is 7.99. The lowest BCUT2D eigenvalue weighted by atomic mass is 10.3. The molecule has 1 aliphatic heterocycles. The van der Waals surface area contributed by atoms with Gasteiger partial charge in [-0.25, -0.2) is 9.59 Å². The van der Waals surface area contributed by atoms with Crippen LogP contribution in [0.25, 0.3) is 0 Å². The van der Waals surface area contributed by atoms with Crippen molar-refractivity contribution in [3.63, 3.8) is 0 Å². The molecule has 0 amide bonds. The third-order valence-corrected chi connectivity index (χ3v) is 2.82. The highest BCUT2D eigenvalue weighted by Crippen LogP contribution is 2.29. The van der Waals surface area contributed by atoms with Crippen LogP contribution < -0.4 is 5.32 Å². The number of rotatable bonds is 0. The number of carboxylic acid groups (broad SMARTS) is 2. The summed E-state index contributed by atoms with van der Waals surface area (Å²) in [5, 5.41) is 18.1. The Bertz CT molecular complexity index is 357. The minimum atomic E-state index is -1.82. The third kappa shape index (κ3) is 3.82. The summed E-state index contributed by atoms with van der Waals surface area (Å²) in [7, 11) is 0. The Hall–Kier alpha value is -1.69. The predicted octanol–water partition coefficient (Wildman–Crippen LogP) is 1.36. The van der Waals surface area contributed by atoms with Gasteiger partial charge in [0, 0.05) is 22.9 Å². The van der Waals surface area contributed by atoms with Crippen molar-refractivity contribution in [1.82, 2.24) is 0 Å². The number of anilines is 1. The van der Waals surface area contributed by atoms with E-state index in [2.05, 4.69) is 29.6 Å². The molecule has 3 N–H and O–H groups in total. The first-order chi connectivity index (χ1) is 7.61. The van der Waals surface area contributed by atoms with Crippen molar-refractivity contribution >= 4 is 29.4 Å². The lowest BCUT2D eigenvalue weighted by Gasteiger charge is -2.16. The summed E-state index contributed by atoms with van der Waals surface area (Å²) in [4.78, 5) is 19.6. The summed E-state index contributed by atoms with van der Waals surface area (Å²) >= 11 is 1.93. The number of fused-ring (bicyclic) bond motifs is 1. The summed E-state index contributed by atoms with van der Waals surface area (Å²) < 4.78 is 0. The first-order valence-electron chi connectivity index (χ1n) is 4.53. The fourth-order valence-corrected chi connectivity index (χ4v) is 1.98. The highest BCUT2D eigenvalue weighted by Gasteiger charge is 2.05. The number of hydrogen-bond acceptors (Lipinski definition) is 4. The number of hydrogen-bond donors (Lipinski definition) is 3. The predicted molar refractivity (Wildman–Crippen MR) is 60.9 cm³/mol. The van der Waals surface area contributed by atoms with Gasteiger partial charge in [-0.15, -0.1) is 11.8 Å². The number of para-hydroxylation sites is 1. The summed E-state index contributed by atoms with van der Waals surface area (Å²) in [6.45, 7) is 1.10. The van der Waals surface area contributed by atoms with Gasteiger partial charge in [0.05, 0.1) is 0 Å². The Morgan fingerprint density at radius 3 is 2.38 bits per heavy atom. The molecule has 6 heteroatoms. The highest BCUT2D eigenvalue weighted by atomic mass is 32.2. The molecule has 1 aromatic carbocycles. The van der Waals surface area contributed by atoms with Crippen LogP contribution in [0, 0.1) is 0 Å². The summed E-state index contributed by atoms with van der Waals surface area (Å²) in [5.74, 6) is -2.46. The molecule has 0 atom stereocenters. The van der Waals surface area contributed by atoms with Gasteiger partial charge in [0.2, 0.25) is 0 Å². The summed E-state index contributed by atoms with van der Waals surface area (Å²) in [5.41, 5.74) is 1.29. The van der Waals surface area contributed by atoms with Crippen molar-refractivity contribution in [2.45, 2.75) is 4.90 Å².